The van der Waals surface area contributed by atoms with Gasteiger partial charge in [0.1, 0.15) is 0 Å². The summed E-state index contributed by atoms with van der Waals surface area (Å²) in [6.07, 6.45) is 3.42. The van der Waals surface area contributed by atoms with Crippen molar-refractivity contribution in [1.82, 2.24) is 15.1 Å². The smallest absolute Gasteiger partial charge is 0.379 e. The van der Waals surface area contributed by atoms with Gasteiger partial charge in [0.25, 0.3) is 5.78 Å². The average Bonchev–Trinajstić information content (AvgIpc) is 2.84. The van der Waals surface area contributed by atoms with Crippen LogP contribution in [-0.4, -0.2) is 80.4 Å². The lowest BCUT2D eigenvalue weighted by molar-refractivity contribution is -0.139. The van der Waals surface area contributed by atoms with E-state index < -0.39 is 11.8 Å². The number of hydrogen-bond donors (Lipinski definition) is 1. The van der Waals surface area contributed by atoms with E-state index in [4.69, 9.17) is 4.74 Å². The maximum Gasteiger partial charge on any atom is 0.379 e. The number of likely N-dealkylation sites (N-methyl/N-ethyl adjacent to an activating group) is 1. The second-order valence-corrected chi connectivity index (χ2v) is 10.4. The van der Waals surface area contributed by atoms with Gasteiger partial charge in [0.2, 0.25) is 5.91 Å². The molecule has 0 radical (unpaired) electrons. The van der Waals surface area contributed by atoms with Crippen molar-refractivity contribution in [3.05, 3.63) is 35.9 Å². The van der Waals surface area contributed by atoms with Crippen LogP contribution in [0.5, 0.6) is 0 Å². The summed E-state index contributed by atoms with van der Waals surface area (Å²) >= 11 is 0. The number of nitrogens with one attached hydrogen (secondary N) is 1. The number of benzene rings is 1. The van der Waals surface area contributed by atoms with E-state index in [9.17, 15) is 14.4 Å². The maximum absolute atomic E-state index is 12.6. The zero-order valence-corrected chi connectivity index (χ0v) is 21.7. The zero-order chi connectivity index (χ0) is 25.2. The van der Waals surface area contributed by atoms with Gasteiger partial charge in [0.15, 0.2) is 0 Å². The lowest BCUT2D eigenvalue weighted by atomic mass is 9.69. The number of ether oxygens (including phenoxy) is 1. The van der Waals surface area contributed by atoms with Crippen molar-refractivity contribution >= 4 is 17.7 Å². The van der Waals surface area contributed by atoms with Crippen LogP contribution in [0, 0.1) is 10.8 Å². The first kappa shape index (κ1) is 28.0. The summed E-state index contributed by atoms with van der Waals surface area (Å²) in [4.78, 5) is 41.5. The van der Waals surface area contributed by atoms with Gasteiger partial charge in [-0.1, -0.05) is 64.4 Å². The molecule has 2 unspecified atom stereocenters. The van der Waals surface area contributed by atoms with Crippen LogP contribution in [0.3, 0.4) is 0 Å². The van der Waals surface area contributed by atoms with Crippen LogP contribution in [0.4, 0.5) is 0 Å². The molecule has 1 saturated heterocycles. The maximum atomic E-state index is 12.6. The van der Waals surface area contributed by atoms with E-state index in [0.717, 1.165) is 45.4 Å². The summed E-state index contributed by atoms with van der Waals surface area (Å²) in [5.74, 6) is -1.34. The van der Waals surface area contributed by atoms with Crippen LogP contribution in [-0.2, 0) is 14.3 Å². The number of carbonyl (C=O) groups excluding carboxylic acids is 3. The van der Waals surface area contributed by atoms with Gasteiger partial charge in [0, 0.05) is 39.7 Å². The number of ketones is 1. The largest absolute Gasteiger partial charge is 0.460 e. The van der Waals surface area contributed by atoms with E-state index in [-0.39, 0.29) is 24.8 Å². The Labute approximate surface area is 206 Å². The molecule has 0 bridgehead atoms. The van der Waals surface area contributed by atoms with Gasteiger partial charge >= 0.3 is 5.97 Å². The minimum Gasteiger partial charge on any atom is -0.460 e. The Balaban J connectivity index is 0.00000612. The first-order valence-electron chi connectivity index (χ1n) is 12.5. The lowest BCUT2D eigenvalue weighted by Crippen LogP contribution is -2.49. The van der Waals surface area contributed by atoms with E-state index in [2.05, 4.69) is 49.9 Å². The Hall–Kier alpha value is -2.25. The van der Waals surface area contributed by atoms with Crippen molar-refractivity contribution in [3.8, 4) is 0 Å². The lowest BCUT2D eigenvalue weighted by Gasteiger charge is -2.39. The minimum absolute atomic E-state index is 0. The molecule has 192 valence electrons. The number of amides is 1. The van der Waals surface area contributed by atoms with Gasteiger partial charge < -0.3 is 15.0 Å². The highest BCUT2D eigenvalue weighted by Crippen LogP contribution is 2.41. The van der Waals surface area contributed by atoms with Crippen LogP contribution >= 0.6 is 0 Å². The van der Waals surface area contributed by atoms with Crippen LogP contribution < -0.4 is 5.32 Å². The zero-order valence-electron chi connectivity index (χ0n) is 21.7. The second-order valence-electron chi connectivity index (χ2n) is 10.4. The number of nitrogens with zero attached hydrogens (tertiary/aromatic N) is 2. The summed E-state index contributed by atoms with van der Waals surface area (Å²) in [7, 11) is 2.11. The topological polar surface area (TPSA) is 78.9 Å². The van der Waals surface area contributed by atoms with Crippen molar-refractivity contribution in [1.29, 1.82) is 0 Å². The Morgan fingerprint density at radius 3 is 2.21 bits per heavy atom. The van der Waals surface area contributed by atoms with E-state index in [1.165, 1.54) is 0 Å². The van der Waals surface area contributed by atoms with Crippen molar-refractivity contribution in [2.24, 2.45) is 10.8 Å². The molecule has 1 aliphatic heterocycles. The normalized spacial score (nSPS) is 18.5. The molecule has 0 aliphatic carbocycles. The summed E-state index contributed by atoms with van der Waals surface area (Å²) in [6.45, 7) is 13.8. The molecule has 34 heavy (non-hydrogen) atoms. The molecule has 0 saturated carbocycles. The molecule has 1 heterocycles. The summed E-state index contributed by atoms with van der Waals surface area (Å²) in [6, 6.07) is 8.48. The number of rotatable bonds is 13. The van der Waals surface area contributed by atoms with E-state index in [1.54, 1.807) is 30.3 Å². The molecule has 1 amide bonds. The highest BCUT2D eigenvalue weighted by atomic mass is 16.5. The van der Waals surface area contributed by atoms with Gasteiger partial charge in [-0.2, -0.15) is 0 Å². The summed E-state index contributed by atoms with van der Waals surface area (Å²) in [5.41, 5.74) is 0.215. The Bertz CT molecular complexity index is 814. The monoisotopic (exact) mass is 475 g/mol. The molecule has 7 nitrogen and oxygen atoms in total. The third-order valence-corrected chi connectivity index (χ3v) is 7.40. The molecular formula is C27H45N3O4. The van der Waals surface area contributed by atoms with Crippen molar-refractivity contribution < 1.29 is 20.5 Å². The first-order valence-corrected chi connectivity index (χ1v) is 12.5. The SMILES string of the molecule is CCC(C)(CCOC(=O)C(=O)c1ccccc1)CC(C)(CC)CNC(=O)CN1CCN(C)CC1.[HH]. The molecule has 1 aromatic rings. The highest BCUT2D eigenvalue weighted by molar-refractivity contribution is 6.40. The van der Waals surface area contributed by atoms with Gasteiger partial charge in [-0.05, 0) is 37.1 Å². The predicted octanol–water partition coefficient (Wildman–Crippen LogP) is 3.63. The molecule has 2 atom stereocenters. The fourth-order valence-electron chi connectivity index (χ4n) is 4.47. The number of esters is 1. The van der Waals surface area contributed by atoms with Crippen LogP contribution in [0.25, 0.3) is 0 Å². The fourth-order valence-corrected chi connectivity index (χ4v) is 4.47. The van der Waals surface area contributed by atoms with Gasteiger partial charge in [0.05, 0.1) is 13.2 Å². The Morgan fingerprint density at radius 2 is 1.62 bits per heavy atom. The standard InChI is InChI=1S/C27H43N3O4.H2/c1-6-26(3,13-18-34-25(33)24(32)22-11-9-8-10-12-22)20-27(4,7-2)21-28-23(31)19-30-16-14-29(5)15-17-30;/h8-12H,6-7,13-21H2,1-5H3,(H,28,31);1H. The molecule has 0 aromatic heterocycles. The minimum atomic E-state index is -0.806. The molecule has 1 fully saturated rings. The summed E-state index contributed by atoms with van der Waals surface area (Å²) < 4.78 is 5.33. The summed E-state index contributed by atoms with van der Waals surface area (Å²) in [5, 5.41) is 3.16. The molecule has 1 N–H and O–H groups in total. The molecule has 0 spiro atoms. The van der Waals surface area contributed by atoms with E-state index in [0.29, 0.717) is 25.1 Å². The van der Waals surface area contributed by atoms with Crippen LogP contribution in [0.1, 0.15) is 65.2 Å². The molecule has 2 rings (SSSR count). The third-order valence-electron chi connectivity index (χ3n) is 7.40. The van der Waals surface area contributed by atoms with Gasteiger partial charge in [-0.15, -0.1) is 0 Å². The molecule has 1 aromatic carbocycles. The van der Waals surface area contributed by atoms with Crippen molar-refractivity contribution in [2.75, 3.05) is 52.9 Å². The number of piperazine rings is 1. The van der Waals surface area contributed by atoms with Gasteiger partial charge in [-0.25, -0.2) is 4.79 Å². The third kappa shape index (κ3) is 8.84. The van der Waals surface area contributed by atoms with Crippen molar-refractivity contribution in [3.63, 3.8) is 0 Å². The van der Waals surface area contributed by atoms with Crippen LogP contribution in [0.15, 0.2) is 30.3 Å². The number of Topliss-reactive ketones (excluding diaryl/α,β-unsaturated/α-hetero) is 1. The second kappa shape index (κ2) is 13.0. The number of hydrogen-bond acceptors (Lipinski definition) is 6. The Kier molecular flexibility index (Phi) is 10.7. The quantitative estimate of drug-likeness (QED) is 0.267. The predicted molar refractivity (Wildman–Crippen MR) is 137 cm³/mol. The highest BCUT2D eigenvalue weighted by Gasteiger charge is 2.34. The molecule has 1 aliphatic rings. The molecule has 7 heteroatoms. The van der Waals surface area contributed by atoms with Crippen molar-refractivity contribution in [2.45, 2.75) is 53.4 Å². The Morgan fingerprint density at radius 1 is 1.00 bits per heavy atom. The van der Waals surface area contributed by atoms with Crippen LogP contribution in [0.2, 0.25) is 0 Å². The van der Waals surface area contributed by atoms with E-state index >= 15 is 0 Å². The first-order chi connectivity index (χ1) is 16.1. The number of carbonyl (C=O) groups is 3. The molecular weight excluding hydrogens is 430 g/mol. The average molecular weight is 476 g/mol. The van der Waals surface area contributed by atoms with E-state index in [1.807, 2.05) is 0 Å². The van der Waals surface area contributed by atoms with Gasteiger partial charge in [-0.3, -0.25) is 14.5 Å². The fraction of sp³-hybridized carbons (Fsp3) is 0.667.